The number of amides is 1. The zero-order chi connectivity index (χ0) is 27.9. The molecule has 3 aromatic carbocycles. The van der Waals surface area contributed by atoms with E-state index >= 15 is 0 Å². The van der Waals surface area contributed by atoms with Crippen LogP contribution in [0.4, 0.5) is 5.69 Å². The first-order valence-corrected chi connectivity index (χ1v) is 13.5. The first-order valence-electron chi connectivity index (χ1n) is 13.5. The molecular formula is C31H33N3O6. The van der Waals surface area contributed by atoms with Crippen molar-refractivity contribution in [3.63, 3.8) is 0 Å². The molecule has 0 bridgehead atoms. The molecule has 0 saturated carbocycles. The predicted octanol–water partition coefficient (Wildman–Crippen LogP) is 5.36. The number of carboxylic acid groups (broad SMARTS) is 1. The second-order valence-corrected chi connectivity index (χ2v) is 10.0. The molecular weight excluding hydrogens is 510 g/mol. The van der Waals surface area contributed by atoms with Crippen molar-refractivity contribution in [2.24, 2.45) is 0 Å². The van der Waals surface area contributed by atoms with E-state index in [2.05, 4.69) is 14.9 Å². The number of unbranched alkanes of at least 4 members (excludes halogenated alkanes) is 1. The number of fused-ring (bicyclic) bond motifs is 1. The highest BCUT2D eigenvalue weighted by Gasteiger charge is 2.32. The molecule has 9 heteroatoms. The number of aromatic nitrogens is 2. The molecule has 0 aliphatic carbocycles. The summed E-state index contributed by atoms with van der Waals surface area (Å²) in [4.78, 5) is 27.6. The maximum atomic E-state index is 12.4. The molecule has 1 aromatic heterocycles. The molecule has 1 saturated heterocycles. The Morgan fingerprint density at radius 1 is 0.950 bits per heavy atom. The molecule has 3 unspecified atom stereocenters. The van der Waals surface area contributed by atoms with E-state index in [1.165, 1.54) is 0 Å². The maximum Gasteiger partial charge on any atom is 0.303 e. The Morgan fingerprint density at radius 3 is 2.55 bits per heavy atom. The van der Waals surface area contributed by atoms with Crippen LogP contribution >= 0.6 is 0 Å². The van der Waals surface area contributed by atoms with Gasteiger partial charge in [0.05, 0.1) is 42.7 Å². The highest BCUT2D eigenvalue weighted by Crippen LogP contribution is 2.39. The number of nitrogens with one attached hydrogen (secondary N) is 1. The number of hydrogen-bond acceptors (Lipinski definition) is 6. The van der Waals surface area contributed by atoms with Gasteiger partial charge < -0.3 is 29.6 Å². The van der Waals surface area contributed by atoms with Crippen molar-refractivity contribution in [2.75, 3.05) is 5.32 Å². The van der Waals surface area contributed by atoms with Gasteiger partial charge in [0.25, 0.3) is 0 Å². The topological polar surface area (TPSA) is 123 Å². The third kappa shape index (κ3) is 6.93. The molecule has 40 heavy (non-hydrogen) atoms. The van der Waals surface area contributed by atoms with Gasteiger partial charge in [-0.25, -0.2) is 4.98 Å². The lowest BCUT2D eigenvalue weighted by molar-refractivity contribution is -0.252. The van der Waals surface area contributed by atoms with E-state index < -0.39 is 12.3 Å². The van der Waals surface area contributed by atoms with Crippen LogP contribution in [0.5, 0.6) is 0 Å². The lowest BCUT2D eigenvalue weighted by Crippen LogP contribution is -2.32. The Morgan fingerprint density at radius 2 is 1.75 bits per heavy atom. The van der Waals surface area contributed by atoms with Crippen molar-refractivity contribution < 1.29 is 29.3 Å². The molecule has 1 aliphatic rings. The van der Waals surface area contributed by atoms with Gasteiger partial charge in [-0.1, -0.05) is 48.5 Å². The van der Waals surface area contributed by atoms with Crippen LogP contribution in [0.25, 0.3) is 11.0 Å². The zero-order valence-electron chi connectivity index (χ0n) is 22.1. The summed E-state index contributed by atoms with van der Waals surface area (Å²) < 4.78 is 15.0. The van der Waals surface area contributed by atoms with Crippen molar-refractivity contribution in [3.8, 4) is 0 Å². The van der Waals surface area contributed by atoms with Crippen molar-refractivity contribution in [3.05, 3.63) is 95.8 Å². The number of rotatable bonds is 11. The Hall–Kier alpha value is -4.05. The summed E-state index contributed by atoms with van der Waals surface area (Å²) in [5.41, 5.74) is 5.19. The molecule has 9 nitrogen and oxygen atoms in total. The average Bonchev–Trinajstić information content (AvgIpc) is 3.38. The summed E-state index contributed by atoms with van der Waals surface area (Å²) in [5, 5.41) is 21.1. The van der Waals surface area contributed by atoms with Crippen LogP contribution in [0, 0.1) is 0 Å². The Balaban J connectivity index is 1.33. The van der Waals surface area contributed by atoms with Crippen LogP contribution in [0.3, 0.4) is 0 Å². The van der Waals surface area contributed by atoms with Crippen molar-refractivity contribution in [1.82, 2.24) is 9.55 Å². The fourth-order valence-corrected chi connectivity index (χ4v) is 4.96. The van der Waals surface area contributed by atoms with Crippen molar-refractivity contribution in [1.29, 1.82) is 0 Å². The summed E-state index contributed by atoms with van der Waals surface area (Å²) in [6, 6.07) is 23.1. The molecule has 3 atom stereocenters. The number of anilines is 1. The van der Waals surface area contributed by atoms with Gasteiger partial charge in [0.15, 0.2) is 6.29 Å². The number of carbonyl (C=O) groups is 2. The number of carboxylic acids is 1. The number of carbonyl (C=O) groups excluding carboxylic acids is 1. The van der Waals surface area contributed by atoms with Gasteiger partial charge >= 0.3 is 5.97 Å². The molecule has 5 rings (SSSR count). The number of nitrogens with zero attached hydrogens (tertiary/aromatic N) is 2. The minimum Gasteiger partial charge on any atom is -0.481 e. The molecule has 1 fully saturated rings. The molecule has 208 valence electrons. The molecule has 1 amide bonds. The normalized spacial score (nSPS) is 19.0. The highest BCUT2D eigenvalue weighted by atomic mass is 16.7. The number of aliphatic hydroxyl groups excluding tert-OH is 1. The van der Waals surface area contributed by atoms with E-state index in [-0.39, 0.29) is 37.6 Å². The first-order chi connectivity index (χ1) is 19.5. The van der Waals surface area contributed by atoms with Crippen LogP contribution in [0.1, 0.15) is 61.2 Å². The Labute approximate surface area is 232 Å². The van der Waals surface area contributed by atoms with Crippen molar-refractivity contribution >= 4 is 28.6 Å². The van der Waals surface area contributed by atoms with Gasteiger partial charge in [-0.2, -0.15) is 0 Å². The standard InChI is InChI=1S/C31H33N3O6/c35-19-21-12-14-22(15-13-21)28-17-25(18-34-20-32-26-8-1-2-9-27(26)34)39-31(40-28)23-6-5-7-24(16-23)33-29(36)10-3-4-11-30(37)38/h1-2,5-9,12-16,20,25,28,31,35H,3-4,10-11,17-19H2,(H,33,36)(H,37,38). The third-order valence-corrected chi connectivity index (χ3v) is 7.03. The molecule has 0 spiro atoms. The number of benzene rings is 3. The lowest BCUT2D eigenvalue weighted by Gasteiger charge is -2.36. The van der Waals surface area contributed by atoms with Crippen LogP contribution < -0.4 is 5.32 Å². The van der Waals surface area contributed by atoms with E-state index in [0.717, 1.165) is 27.7 Å². The molecule has 3 N–H and O–H groups in total. The van der Waals surface area contributed by atoms with Gasteiger partial charge in [-0.3, -0.25) is 9.59 Å². The third-order valence-electron chi connectivity index (χ3n) is 7.03. The van der Waals surface area contributed by atoms with Crippen LogP contribution in [-0.4, -0.2) is 37.7 Å². The molecule has 1 aliphatic heterocycles. The number of ether oxygens (including phenoxy) is 2. The number of aliphatic carboxylic acids is 1. The van der Waals surface area contributed by atoms with Gasteiger partial charge in [0.1, 0.15) is 0 Å². The minimum absolute atomic E-state index is 0.0219. The van der Waals surface area contributed by atoms with Crippen LogP contribution in [0.2, 0.25) is 0 Å². The lowest BCUT2D eigenvalue weighted by atomic mass is 10.00. The fourth-order valence-electron chi connectivity index (χ4n) is 4.96. The number of aliphatic hydroxyl groups is 1. The number of hydrogen-bond donors (Lipinski definition) is 3. The van der Waals surface area contributed by atoms with Crippen LogP contribution in [-0.2, 0) is 32.2 Å². The largest absolute Gasteiger partial charge is 0.481 e. The molecule has 2 heterocycles. The average molecular weight is 544 g/mol. The summed E-state index contributed by atoms with van der Waals surface area (Å²) >= 11 is 0. The first kappa shape index (κ1) is 27.5. The Bertz CT molecular complexity index is 1450. The Kier molecular flexibility index (Phi) is 8.85. The highest BCUT2D eigenvalue weighted by molar-refractivity contribution is 5.90. The van der Waals surface area contributed by atoms with E-state index in [0.29, 0.717) is 31.5 Å². The van der Waals surface area contributed by atoms with E-state index in [4.69, 9.17) is 14.6 Å². The summed E-state index contributed by atoms with van der Waals surface area (Å²) in [6.07, 6.45) is 2.66. The quantitative estimate of drug-likeness (QED) is 0.218. The maximum absolute atomic E-state index is 12.4. The summed E-state index contributed by atoms with van der Waals surface area (Å²) in [5.74, 6) is -1.03. The molecule has 4 aromatic rings. The summed E-state index contributed by atoms with van der Waals surface area (Å²) in [7, 11) is 0. The second kappa shape index (κ2) is 12.9. The number of para-hydroxylation sites is 2. The van der Waals surface area contributed by atoms with Gasteiger partial charge in [-0.05, 0) is 48.2 Å². The second-order valence-electron chi connectivity index (χ2n) is 10.0. The predicted molar refractivity (Wildman–Crippen MR) is 149 cm³/mol. The van der Waals surface area contributed by atoms with Crippen LogP contribution in [0.15, 0.2) is 79.1 Å². The van der Waals surface area contributed by atoms with Crippen molar-refractivity contribution in [2.45, 2.75) is 63.8 Å². The van der Waals surface area contributed by atoms with E-state index in [9.17, 15) is 14.7 Å². The number of imidazole rings is 1. The molecule has 0 radical (unpaired) electrons. The fraction of sp³-hybridized carbons (Fsp3) is 0.323. The minimum atomic E-state index is -0.859. The van der Waals surface area contributed by atoms with Gasteiger partial charge in [0, 0.05) is 30.5 Å². The zero-order valence-corrected chi connectivity index (χ0v) is 22.1. The smallest absolute Gasteiger partial charge is 0.303 e. The monoisotopic (exact) mass is 543 g/mol. The summed E-state index contributed by atoms with van der Waals surface area (Å²) in [6.45, 7) is 0.574. The van der Waals surface area contributed by atoms with Gasteiger partial charge in [-0.15, -0.1) is 0 Å². The SMILES string of the molecule is O=C(O)CCCCC(=O)Nc1cccc(C2OC(Cn3cnc4ccccc43)CC(c3ccc(CO)cc3)O2)c1. The van der Waals surface area contributed by atoms with E-state index in [1.54, 1.807) is 0 Å². The van der Waals surface area contributed by atoms with E-state index in [1.807, 2.05) is 79.1 Å². The van der Waals surface area contributed by atoms with Gasteiger partial charge in [0.2, 0.25) is 5.91 Å².